The van der Waals surface area contributed by atoms with Crippen molar-refractivity contribution in [2.45, 2.75) is 5.60 Å². The predicted molar refractivity (Wildman–Crippen MR) is 59.4 cm³/mol. The number of nitrogens with two attached hydrogens (primary N) is 1. The maximum Gasteiger partial charge on any atom is 0.408 e. The van der Waals surface area contributed by atoms with E-state index in [1.54, 1.807) is 0 Å². The number of halogens is 1. The highest BCUT2D eigenvalue weighted by molar-refractivity contribution is 9.10. The SMILES string of the molecule is NCC1(c2ccc(Br)cc2)CNC(=O)O1. The first-order valence-corrected chi connectivity index (χ1v) is 5.38. The van der Waals surface area contributed by atoms with Crippen LogP contribution in [0.15, 0.2) is 28.7 Å². The summed E-state index contributed by atoms with van der Waals surface area (Å²) >= 11 is 3.35. The lowest BCUT2D eigenvalue weighted by Gasteiger charge is -2.24. The molecule has 1 heterocycles. The fourth-order valence-electron chi connectivity index (χ4n) is 1.61. The van der Waals surface area contributed by atoms with Crippen molar-refractivity contribution in [1.29, 1.82) is 0 Å². The molecule has 2 rings (SSSR count). The summed E-state index contributed by atoms with van der Waals surface area (Å²) in [6.45, 7) is 0.692. The molecule has 5 heteroatoms. The molecular formula is C10H11BrN2O2. The van der Waals surface area contributed by atoms with Crippen LogP contribution in [0, 0.1) is 0 Å². The number of nitrogens with one attached hydrogen (secondary N) is 1. The van der Waals surface area contributed by atoms with E-state index in [0.717, 1.165) is 10.0 Å². The summed E-state index contributed by atoms with van der Waals surface area (Å²) in [6, 6.07) is 7.60. The number of carbonyl (C=O) groups is 1. The van der Waals surface area contributed by atoms with Crippen LogP contribution in [-0.2, 0) is 10.3 Å². The van der Waals surface area contributed by atoms with Crippen molar-refractivity contribution >= 4 is 22.0 Å². The summed E-state index contributed by atoms with van der Waals surface area (Å²) in [5.41, 5.74) is 5.87. The van der Waals surface area contributed by atoms with Crippen molar-refractivity contribution in [2.24, 2.45) is 5.73 Å². The Morgan fingerprint density at radius 2 is 2.13 bits per heavy atom. The molecule has 4 nitrogen and oxygen atoms in total. The number of cyclic esters (lactones) is 1. The Kier molecular flexibility index (Phi) is 2.67. The van der Waals surface area contributed by atoms with Crippen LogP contribution < -0.4 is 11.1 Å². The molecule has 3 N–H and O–H groups in total. The van der Waals surface area contributed by atoms with Crippen molar-refractivity contribution in [1.82, 2.24) is 5.32 Å². The number of alkyl carbamates (subject to hydrolysis) is 1. The lowest BCUT2D eigenvalue weighted by Crippen LogP contribution is -2.38. The van der Waals surface area contributed by atoms with Crippen LogP contribution in [0.2, 0.25) is 0 Å². The molecule has 0 saturated carbocycles. The van der Waals surface area contributed by atoms with Crippen LogP contribution in [0.25, 0.3) is 0 Å². The van der Waals surface area contributed by atoms with Gasteiger partial charge >= 0.3 is 6.09 Å². The fraction of sp³-hybridized carbons (Fsp3) is 0.300. The van der Waals surface area contributed by atoms with Crippen molar-refractivity contribution in [3.63, 3.8) is 0 Å². The third kappa shape index (κ3) is 1.85. The second-order valence-corrected chi connectivity index (χ2v) is 4.36. The summed E-state index contributed by atoms with van der Waals surface area (Å²) < 4.78 is 6.22. The van der Waals surface area contributed by atoms with Crippen LogP contribution in [0.1, 0.15) is 5.56 Å². The Labute approximate surface area is 95.9 Å². The van der Waals surface area contributed by atoms with Crippen LogP contribution in [0.3, 0.4) is 0 Å². The van der Waals surface area contributed by atoms with E-state index in [2.05, 4.69) is 21.2 Å². The van der Waals surface area contributed by atoms with Gasteiger partial charge in [-0.2, -0.15) is 0 Å². The Balaban J connectivity index is 2.34. The summed E-state index contributed by atoms with van der Waals surface area (Å²) in [5.74, 6) is 0. The Morgan fingerprint density at radius 3 is 2.60 bits per heavy atom. The van der Waals surface area contributed by atoms with Crippen molar-refractivity contribution in [3.8, 4) is 0 Å². The van der Waals surface area contributed by atoms with Gasteiger partial charge in [0, 0.05) is 11.0 Å². The summed E-state index contributed by atoms with van der Waals surface area (Å²) in [4.78, 5) is 11.1. The lowest BCUT2D eigenvalue weighted by atomic mass is 9.94. The molecule has 1 unspecified atom stereocenters. The number of amides is 1. The Hall–Kier alpha value is -1.07. The molecular weight excluding hydrogens is 260 g/mol. The van der Waals surface area contributed by atoms with Gasteiger partial charge in [-0.1, -0.05) is 28.1 Å². The second kappa shape index (κ2) is 3.83. The number of benzene rings is 1. The molecule has 15 heavy (non-hydrogen) atoms. The van der Waals surface area contributed by atoms with E-state index in [4.69, 9.17) is 10.5 Å². The van der Waals surface area contributed by atoms with Gasteiger partial charge in [0.05, 0.1) is 6.54 Å². The average Bonchev–Trinajstić information content (AvgIpc) is 2.62. The third-order valence-corrected chi connectivity index (χ3v) is 3.04. The van der Waals surface area contributed by atoms with Gasteiger partial charge in [0.2, 0.25) is 0 Å². The van der Waals surface area contributed by atoms with Gasteiger partial charge < -0.3 is 15.8 Å². The largest absolute Gasteiger partial charge is 0.435 e. The van der Waals surface area contributed by atoms with Gasteiger partial charge in [-0.3, -0.25) is 0 Å². The standard InChI is InChI=1S/C10H11BrN2O2/c11-8-3-1-7(2-4-8)10(5-12)6-13-9(14)15-10/h1-4H,5-6,12H2,(H,13,14). The van der Waals surface area contributed by atoms with E-state index in [-0.39, 0.29) is 6.54 Å². The van der Waals surface area contributed by atoms with E-state index in [0.29, 0.717) is 6.54 Å². The highest BCUT2D eigenvalue weighted by Crippen LogP contribution is 2.28. The molecule has 1 atom stereocenters. The third-order valence-electron chi connectivity index (χ3n) is 2.51. The summed E-state index contributed by atoms with van der Waals surface area (Å²) in [5, 5.41) is 2.62. The van der Waals surface area contributed by atoms with Gasteiger partial charge in [-0.05, 0) is 17.7 Å². The van der Waals surface area contributed by atoms with Crippen LogP contribution >= 0.6 is 15.9 Å². The molecule has 0 aromatic heterocycles. The van der Waals surface area contributed by atoms with Crippen molar-refractivity contribution in [3.05, 3.63) is 34.3 Å². The van der Waals surface area contributed by atoms with E-state index >= 15 is 0 Å². The predicted octanol–water partition coefficient (Wildman–Crippen LogP) is 1.34. The lowest BCUT2D eigenvalue weighted by molar-refractivity contribution is 0.0617. The minimum absolute atomic E-state index is 0.271. The van der Waals surface area contributed by atoms with Gasteiger partial charge in [-0.15, -0.1) is 0 Å². The molecule has 1 aromatic rings. The van der Waals surface area contributed by atoms with Gasteiger partial charge in [0.25, 0.3) is 0 Å². The molecule has 0 bridgehead atoms. The second-order valence-electron chi connectivity index (χ2n) is 3.45. The first kappa shape index (κ1) is 10.4. The highest BCUT2D eigenvalue weighted by atomic mass is 79.9. The van der Waals surface area contributed by atoms with Gasteiger partial charge in [-0.25, -0.2) is 4.79 Å². The number of hydrogen-bond acceptors (Lipinski definition) is 3. The van der Waals surface area contributed by atoms with Gasteiger partial charge in [0.15, 0.2) is 5.60 Å². The fourth-order valence-corrected chi connectivity index (χ4v) is 1.88. The van der Waals surface area contributed by atoms with Crippen LogP contribution in [0.5, 0.6) is 0 Å². The zero-order valence-corrected chi connectivity index (χ0v) is 9.58. The number of rotatable bonds is 2. The zero-order chi connectivity index (χ0) is 10.9. The Morgan fingerprint density at radius 1 is 1.47 bits per heavy atom. The number of hydrogen-bond donors (Lipinski definition) is 2. The van der Waals surface area contributed by atoms with Crippen LogP contribution in [-0.4, -0.2) is 19.2 Å². The average molecular weight is 271 g/mol. The minimum atomic E-state index is -0.711. The molecule has 1 aliphatic heterocycles. The Bertz CT molecular complexity index is 380. The monoisotopic (exact) mass is 270 g/mol. The molecule has 1 saturated heterocycles. The number of carbonyl (C=O) groups excluding carboxylic acids is 1. The van der Waals surface area contributed by atoms with E-state index in [9.17, 15) is 4.79 Å². The molecule has 1 aromatic carbocycles. The summed E-state index contributed by atoms with van der Waals surface area (Å²) in [7, 11) is 0. The maximum atomic E-state index is 11.1. The first-order chi connectivity index (χ1) is 7.16. The molecule has 0 aliphatic carbocycles. The highest BCUT2D eigenvalue weighted by Gasteiger charge is 2.40. The van der Waals surface area contributed by atoms with E-state index in [1.807, 2.05) is 24.3 Å². The first-order valence-electron chi connectivity index (χ1n) is 4.59. The molecule has 80 valence electrons. The normalized spacial score (nSPS) is 24.8. The van der Waals surface area contributed by atoms with Crippen LogP contribution in [0.4, 0.5) is 4.79 Å². The molecule has 1 amide bonds. The van der Waals surface area contributed by atoms with Crippen molar-refractivity contribution in [2.75, 3.05) is 13.1 Å². The van der Waals surface area contributed by atoms with Crippen molar-refractivity contribution < 1.29 is 9.53 Å². The summed E-state index contributed by atoms with van der Waals surface area (Å²) in [6.07, 6.45) is -0.414. The smallest absolute Gasteiger partial charge is 0.408 e. The minimum Gasteiger partial charge on any atom is -0.435 e. The quantitative estimate of drug-likeness (QED) is 0.853. The van der Waals surface area contributed by atoms with E-state index < -0.39 is 11.7 Å². The topological polar surface area (TPSA) is 64.3 Å². The molecule has 0 radical (unpaired) electrons. The number of ether oxygens (including phenoxy) is 1. The van der Waals surface area contributed by atoms with E-state index in [1.165, 1.54) is 0 Å². The molecule has 1 fully saturated rings. The molecule has 1 aliphatic rings. The van der Waals surface area contributed by atoms with Gasteiger partial charge in [0.1, 0.15) is 0 Å². The zero-order valence-electron chi connectivity index (χ0n) is 8.00. The maximum absolute atomic E-state index is 11.1. The molecule has 0 spiro atoms.